The highest BCUT2D eigenvalue weighted by Crippen LogP contribution is 2.29. The van der Waals surface area contributed by atoms with Gasteiger partial charge < -0.3 is 10.2 Å². The van der Waals surface area contributed by atoms with E-state index in [0.717, 1.165) is 18.5 Å². The van der Waals surface area contributed by atoms with Crippen molar-refractivity contribution in [2.45, 2.75) is 79.3 Å². The average Bonchev–Trinajstić information content (AvgIpc) is 3.09. The molecular formula is C17H36N2. The maximum Gasteiger partial charge on any atom is 0.0128 e. The Kier molecular flexibility index (Phi) is 6.82. The van der Waals surface area contributed by atoms with Gasteiger partial charge >= 0.3 is 0 Å². The third-order valence-electron chi connectivity index (χ3n) is 4.26. The molecule has 1 aliphatic rings. The van der Waals surface area contributed by atoms with Crippen LogP contribution >= 0.6 is 0 Å². The molecule has 0 heterocycles. The quantitative estimate of drug-likeness (QED) is 0.682. The minimum atomic E-state index is 0.364. The van der Waals surface area contributed by atoms with Gasteiger partial charge in [0.2, 0.25) is 0 Å². The smallest absolute Gasteiger partial charge is 0.0128 e. The van der Waals surface area contributed by atoms with Gasteiger partial charge in [-0.2, -0.15) is 0 Å². The molecule has 1 atom stereocenters. The zero-order chi connectivity index (χ0) is 14.5. The predicted octanol–water partition coefficient (Wildman–Crippen LogP) is 3.91. The van der Waals surface area contributed by atoms with E-state index >= 15 is 0 Å². The molecule has 0 saturated heterocycles. The highest BCUT2D eigenvalue weighted by atomic mass is 15.2. The Morgan fingerprint density at radius 3 is 2.11 bits per heavy atom. The largest absolute Gasteiger partial charge is 0.314 e. The minimum Gasteiger partial charge on any atom is -0.314 e. The first-order valence-corrected chi connectivity index (χ1v) is 8.32. The van der Waals surface area contributed by atoms with E-state index in [1.807, 2.05) is 0 Å². The minimum absolute atomic E-state index is 0.364. The number of hydrogen-bond donors (Lipinski definition) is 1. The second kappa shape index (κ2) is 7.64. The van der Waals surface area contributed by atoms with E-state index in [2.05, 4.69) is 51.8 Å². The first-order valence-electron chi connectivity index (χ1n) is 8.32. The number of nitrogens with one attached hydrogen (secondary N) is 1. The molecule has 0 spiro atoms. The first-order chi connectivity index (χ1) is 8.84. The molecule has 2 heteroatoms. The Balaban J connectivity index is 2.40. The van der Waals surface area contributed by atoms with Crippen molar-refractivity contribution in [3.63, 3.8) is 0 Å². The molecule has 0 aromatic heterocycles. The topological polar surface area (TPSA) is 15.3 Å². The number of hydrogen-bond acceptors (Lipinski definition) is 2. The molecule has 1 fully saturated rings. The van der Waals surface area contributed by atoms with E-state index in [-0.39, 0.29) is 0 Å². The van der Waals surface area contributed by atoms with Crippen LogP contribution in [-0.2, 0) is 0 Å². The van der Waals surface area contributed by atoms with Crippen LogP contribution in [0.5, 0.6) is 0 Å². The van der Waals surface area contributed by atoms with Crippen molar-refractivity contribution in [3.05, 3.63) is 0 Å². The molecule has 1 N–H and O–H groups in total. The molecule has 2 nitrogen and oxygen atoms in total. The lowest BCUT2D eigenvalue weighted by Crippen LogP contribution is -2.43. The second-order valence-electron chi connectivity index (χ2n) is 7.71. The summed E-state index contributed by atoms with van der Waals surface area (Å²) in [6, 6.07) is 1.54. The van der Waals surface area contributed by atoms with E-state index in [0.29, 0.717) is 11.5 Å². The van der Waals surface area contributed by atoms with Crippen LogP contribution < -0.4 is 5.32 Å². The van der Waals surface area contributed by atoms with Gasteiger partial charge in [0.15, 0.2) is 0 Å². The third kappa shape index (κ3) is 6.76. The van der Waals surface area contributed by atoms with E-state index < -0.39 is 0 Å². The fraction of sp³-hybridized carbons (Fsp3) is 1.00. The lowest BCUT2D eigenvalue weighted by atomic mass is 9.84. The fourth-order valence-electron chi connectivity index (χ4n) is 2.72. The standard InChI is InChI=1S/C17H36N2/c1-7-18-16(17(4,5)6)11-13-19(15-8-9-15)12-10-14(2)3/h14-16,18H,7-13H2,1-6H3. The van der Waals surface area contributed by atoms with Gasteiger partial charge in [0.25, 0.3) is 0 Å². The van der Waals surface area contributed by atoms with Gasteiger partial charge in [-0.3, -0.25) is 0 Å². The van der Waals surface area contributed by atoms with Crippen molar-refractivity contribution in [1.82, 2.24) is 10.2 Å². The Morgan fingerprint density at radius 1 is 1.11 bits per heavy atom. The van der Waals surface area contributed by atoms with Crippen LogP contribution in [0.3, 0.4) is 0 Å². The summed E-state index contributed by atoms with van der Waals surface area (Å²) < 4.78 is 0. The molecule has 1 saturated carbocycles. The van der Waals surface area contributed by atoms with Crippen molar-refractivity contribution in [1.29, 1.82) is 0 Å². The van der Waals surface area contributed by atoms with Crippen molar-refractivity contribution >= 4 is 0 Å². The lowest BCUT2D eigenvalue weighted by molar-refractivity contribution is 0.194. The van der Waals surface area contributed by atoms with Gasteiger partial charge in [0.1, 0.15) is 0 Å². The van der Waals surface area contributed by atoms with Crippen molar-refractivity contribution in [3.8, 4) is 0 Å². The van der Waals surface area contributed by atoms with Crippen molar-refractivity contribution in [2.24, 2.45) is 11.3 Å². The molecule has 0 aliphatic heterocycles. The Morgan fingerprint density at radius 2 is 1.68 bits per heavy atom. The molecule has 1 aliphatic carbocycles. The maximum absolute atomic E-state index is 3.68. The summed E-state index contributed by atoms with van der Waals surface area (Å²) in [5.41, 5.74) is 0.364. The first kappa shape index (κ1) is 17.0. The molecular weight excluding hydrogens is 232 g/mol. The summed E-state index contributed by atoms with van der Waals surface area (Å²) in [5.74, 6) is 0.827. The van der Waals surface area contributed by atoms with Crippen molar-refractivity contribution in [2.75, 3.05) is 19.6 Å². The van der Waals surface area contributed by atoms with Gasteiger partial charge in [0.05, 0.1) is 0 Å². The van der Waals surface area contributed by atoms with E-state index in [1.54, 1.807) is 0 Å². The summed E-state index contributed by atoms with van der Waals surface area (Å²) in [4.78, 5) is 2.75. The molecule has 0 aromatic carbocycles. The molecule has 0 bridgehead atoms. The number of rotatable bonds is 9. The Labute approximate surface area is 121 Å². The van der Waals surface area contributed by atoms with Crippen LogP contribution in [-0.4, -0.2) is 36.6 Å². The van der Waals surface area contributed by atoms with E-state index in [4.69, 9.17) is 0 Å². The Bertz CT molecular complexity index is 238. The number of nitrogens with zero attached hydrogens (tertiary/aromatic N) is 1. The monoisotopic (exact) mass is 268 g/mol. The summed E-state index contributed by atoms with van der Waals surface area (Å²) >= 11 is 0. The second-order valence-corrected chi connectivity index (χ2v) is 7.71. The maximum atomic E-state index is 3.68. The van der Waals surface area contributed by atoms with Crippen molar-refractivity contribution < 1.29 is 0 Å². The SMILES string of the molecule is CCNC(CCN(CCC(C)C)C1CC1)C(C)(C)C. The van der Waals surface area contributed by atoms with Gasteiger partial charge in [-0.05, 0) is 56.7 Å². The average molecular weight is 268 g/mol. The molecule has 1 unspecified atom stereocenters. The summed E-state index contributed by atoms with van der Waals surface area (Å²) in [7, 11) is 0. The molecule has 114 valence electrons. The molecule has 0 amide bonds. The van der Waals surface area contributed by atoms with Crippen LogP contribution in [0.4, 0.5) is 0 Å². The third-order valence-corrected chi connectivity index (χ3v) is 4.26. The van der Waals surface area contributed by atoms with Gasteiger partial charge in [-0.15, -0.1) is 0 Å². The summed E-state index contributed by atoms with van der Waals surface area (Å²) in [6.45, 7) is 17.6. The van der Waals surface area contributed by atoms with E-state index in [9.17, 15) is 0 Å². The van der Waals surface area contributed by atoms with E-state index in [1.165, 1.54) is 38.8 Å². The molecule has 19 heavy (non-hydrogen) atoms. The van der Waals surface area contributed by atoms with Crippen LogP contribution in [0.2, 0.25) is 0 Å². The van der Waals surface area contributed by atoms with Crippen LogP contribution in [0.25, 0.3) is 0 Å². The fourth-order valence-corrected chi connectivity index (χ4v) is 2.72. The molecule has 0 radical (unpaired) electrons. The van der Waals surface area contributed by atoms with Crippen LogP contribution in [0, 0.1) is 11.3 Å². The normalized spacial score (nSPS) is 18.3. The molecule has 1 rings (SSSR count). The van der Waals surface area contributed by atoms with Gasteiger partial charge in [-0.25, -0.2) is 0 Å². The highest BCUT2D eigenvalue weighted by Gasteiger charge is 2.30. The zero-order valence-electron chi connectivity index (χ0n) is 14.1. The highest BCUT2D eigenvalue weighted by molar-refractivity contribution is 4.87. The molecule has 0 aromatic rings. The predicted molar refractivity (Wildman–Crippen MR) is 85.6 cm³/mol. The summed E-state index contributed by atoms with van der Waals surface area (Å²) in [5, 5.41) is 3.68. The zero-order valence-corrected chi connectivity index (χ0v) is 14.1. The van der Waals surface area contributed by atoms with Crippen LogP contribution in [0.15, 0.2) is 0 Å². The van der Waals surface area contributed by atoms with Gasteiger partial charge in [0, 0.05) is 12.1 Å². The Hall–Kier alpha value is -0.0800. The van der Waals surface area contributed by atoms with Crippen LogP contribution in [0.1, 0.15) is 67.2 Å². The lowest BCUT2D eigenvalue weighted by Gasteiger charge is -2.34. The van der Waals surface area contributed by atoms with Gasteiger partial charge in [-0.1, -0.05) is 41.5 Å². The summed E-state index contributed by atoms with van der Waals surface area (Å²) in [6.07, 6.45) is 5.49.